The fraction of sp³-hybridized carbons (Fsp3) is 0.778. The van der Waals surface area contributed by atoms with E-state index in [1.807, 2.05) is 6.26 Å². The Bertz CT molecular complexity index is 594. The van der Waals surface area contributed by atoms with Gasteiger partial charge in [0.05, 0.1) is 12.7 Å². The van der Waals surface area contributed by atoms with Crippen molar-refractivity contribution in [2.75, 3.05) is 25.2 Å². The van der Waals surface area contributed by atoms with Gasteiger partial charge in [-0.2, -0.15) is 11.8 Å². The van der Waals surface area contributed by atoms with E-state index in [2.05, 4.69) is 16.0 Å². The number of nitrogens with two attached hydrogens (primary N) is 2. The largest absolute Gasteiger partial charge is 0.480 e. The quantitative estimate of drug-likeness (QED) is 0.109. The maximum absolute atomic E-state index is 12.8. The normalized spacial score (nSPS) is 15.8. The van der Waals surface area contributed by atoms with Crippen molar-refractivity contribution in [3.05, 3.63) is 0 Å². The molecule has 0 aliphatic rings. The third-order valence-corrected chi connectivity index (χ3v) is 5.09. The molecule has 5 unspecified atom stereocenters. The summed E-state index contributed by atoms with van der Waals surface area (Å²) in [6.45, 7) is 0.910. The molecule has 0 rings (SSSR count). The van der Waals surface area contributed by atoms with Crippen molar-refractivity contribution in [3.63, 3.8) is 0 Å². The summed E-state index contributed by atoms with van der Waals surface area (Å²) in [5.74, 6) is -3.03. The predicted octanol–water partition coefficient (Wildman–Crippen LogP) is -2.89. The monoisotopic (exact) mass is 465 g/mol. The second kappa shape index (κ2) is 15.8. The predicted molar refractivity (Wildman–Crippen MR) is 116 cm³/mol. The molecule has 0 fully saturated rings. The van der Waals surface area contributed by atoms with Crippen LogP contribution in [-0.4, -0.2) is 94.4 Å². The van der Waals surface area contributed by atoms with Gasteiger partial charge in [-0.3, -0.25) is 14.4 Å². The molecule has 0 radical (unpaired) electrons. The summed E-state index contributed by atoms with van der Waals surface area (Å²) in [7, 11) is 0. The zero-order valence-corrected chi connectivity index (χ0v) is 18.7. The molecule has 0 aromatic rings. The number of hydrogen-bond acceptors (Lipinski definition) is 9. The average Bonchev–Trinajstić information content (AvgIpc) is 2.72. The van der Waals surface area contributed by atoms with E-state index in [9.17, 15) is 24.3 Å². The summed E-state index contributed by atoms with van der Waals surface area (Å²) in [5.41, 5.74) is 11.1. The molecule has 0 heterocycles. The van der Waals surface area contributed by atoms with E-state index in [0.717, 1.165) is 0 Å². The molecule has 0 aromatic heterocycles. The van der Waals surface area contributed by atoms with Gasteiger partial charge in [-0.25, -0.2) is 4.79 Å². The molecule has 0 saturated heterocycles. The third kappa shape index (κ3) is 11.3. The van der Waals surface area contributed by atoms with Crippen LogP contribution >= 0.6 is 11.8 Å². The van der Waals surface area contributed by atoms with Gasteiger partial charge in [0.1, 0.15) is 24.2 Å². The van der Waals surface area contributed by atoms with Gasteiger partial charge >= 0.3 is 5.97 Å². The Labute approximate surface area is 185 Å². The molecule has 10 N–H and O–H groups in total. The number of carboxylic acid groups (broad SMARTS) is 1. The highest BCUT2D eigenvalue weighted by Gasteiger charge is 2.30. The van der Waals surface area contributed by atoms with Crippen LogP contribution in [-0.2, 0) is 19.2 Å². The zero-order valence-electron chi connectivity index (χ0n) is 17.9. The number of unbranched alkanes of at least 4 members (excludes halogenated alkanes) is 1. The Morgan fingerprint density at radius 1 is 0.935 bits per heavy atom. The highest BCUT2D eigenvalue weighted by Crippen LogP contribution is 2.06. The number of carboxylic acids is 1. The molecule has 0 saturated carbocycles. The van der Waals surface area contributed by atoms with Gasteiger partial charge in [0.15, 0.2) is 0 Å². The van der Waals surface area contributed by atoms with Gasteiger partial charge in [-0.1, -0.05) is 0 Å². The van der Waals surface area contributed by atoms with E-state index in [4.69, 9.17) is 21.7 Å². The molecular weight excluding hydrogens is 430 g/mol. The van der Waals surface area contributed by atoms with E-state index in [0.29, 0.717) is 25.1 Å². The molecule has 13 heteroatoms. The van der Waals surface area contributed by atoms with Crippen LogP contribution in [0.25, 0.3) is 0 Å². The number of carbonyl (C=O) groups is 4. The lowest BCUT2D eigenvalue weighted by Gasteiger charge is -2.25. The summed E-state index contributed by atoms with van der Waals surface area (Å²) in [6.07, 6.45) is 2.20. The van der Waals surface area contributed by atoms with Crippen LogP contribution in [0, 0.1) is 0 Å². The summed E-state index contributed by atoms with van der Waals surface area (Å²) in [6, 6.07) is -4.85. The molecular formula is C18H35N5O7S. The minimum Gasteiger partial charge on any atom is -0.480 e. The fourth-order valence-electron chi connectivity index (χ4n) is 2.48. The average molecular weight is 466 g/mol. The Hall–Kier alpha value is -1.93. The van der Waals surface area contributed by atoms with E-state index < -0.39 is 60.6 Å². The molecule has 0 aliphatic carbocycles. The van der Waals surface area contributed by atoms with Gasteiger partial charge in [0.2, 0.25) is 17.7 Å². The van der Waals surface area contributed by atoms with Gasteiger partial charge in [-0.15, -0.1) is 0 Å². The van der Waals surface area contributed by atoms with Crippen LogP contribution in [0.3, 0.4) is 0 Å². The van der Waals surface area contributed by atoms with Crippen LogP contribution in [0.1, 0.15) is 32.6 Å². The van der Waals surface area contributed by atoms with Gasteiger partial charge in [-0.05, 0) is 51.2 Å². The van der Waals surface area contributed by atoms with Crippen molar-refractivity contribution in [2.45, 2.75) is 62.9 Å². The SMILES string of the molecule is CSCCC(NC(=O)C(N)C(C)O)C(=O)NC(CCCCN)C(=O)NC(CO)C(=O)O. The number of thioether (sulfide) groups is 1. The van der Waals surface area contributed by atoms with Crippen molar-refractivity contribution in [2.24, 2.45) is 11.5 Å². The minimum absolute atomic E-state index is 0.183. The van der Waals surface area contributed by atoms with Crippen molar-refractivity contribution in [1.82, 2.24) is 16.0 Å². The zero-order chi connectivity index (χ0) is 24.0. The van der Waals surface area contributed by atoms with Crippen LogP contribution < -0.4 is 27.4 Å². The molecule has 3 amide bonds. The number of amides is 3. The van der Waals surface area contributed by atoms with E-state index >= 15 is 0 Å². The van der Waals surface area contributed by atoms with E-state index in [1.54, 1.807) is 0 Å². The second-order valence-electron chi connectivity index (χ2n) is 7.04. The minimum atomic E-state index is -1.52. The number of hydrogen-bond donors (Lipinski definition) is 8. The first-order valence-corrected chi connectivity index (χ1v) is 11.4. The third-order valence-electron chi connectivity index (χ3n) is 4.44. The molecule has 31 heavy (non-hydrogen) atoms. The highest BCUT2D eigenvalue weighted by molar-refractivity contribution is 7.98. The maximum atomic E-state index is 12.8. The van der Waals surface area contributed by atoms with Crippen molar-refractivity contribution >= 4 is 35.5 Å². The lowest BCUT2D eigenvalue weighted by molar-refractivity contribution is -0.143. The van der Waals surface area contributed by atoms with Gasteiger partial charge in [0, 0.05) is 0 Å². The highest BCUT2D eigenvalue weighted by atomic mass is 32.2. The smallest absolute Gasteiger partial charge is 0.328 e. The van der Waals surface area contributed by atoms with Gasteiger partial charge in [0.25, 0.3) is 0 Å². The number of aliphatic hydroxyl groups excluding tert-OH is 2. The lowest BCUT2D eigenvalue weighted by atomic mass is 10.1. The number of rotatable bonds is 16. The second-order valence-corrected chi connectivity index (χ2v) is 8.02. The van der Waals surface area contributed by atoms with E-state index in [1.165, 1.54) is 18.7 Å². The molecule has 0 bridgehead atoms. The molecule has 12 nitrogen and oxygen atoms in total. The first-order valence-electron chi connectivity index (χ1n) is 9.96. The first kappa shape index (κ1) is 29.1. The summed E-state index contributed by atoms with van der Waals surface area (Å²) in [4.78, 5) is 48.6. The van der Waals surface area contributed by atoms with Gasteiger partial charge < -0.3 is 42.7 Å². The Balaban J connectivity index is 5.36. The number of aliphatic carboxylic acids is 1. The topological polar surface area (TPSA) is 217 Å². The first-order chi connectivity index (χ1) is 14.6. The maximum Gasteiger partial charge on any atom is 0.328 e. The summed E-state index contributed by atoms with van der Waals surface area (Å²) < 4.78 is 0. The molecule has 5 atom stereocenters. The van der Waals surface area contributed by atoms with Crippen LogP contribution in [0.2, 0.25) is 0 Å². The Morgan fingerprint density at radius 3 is 1.90 bits per heavy atom. The Morgan fingerprint density at radius 2 is 1.45 bits per heavy atom. The Kier molecular flexibility index (Phi) is 14.8. The number of carbonyl (C=O) groups excluding carboxylic acids is 3. The number of aliphatic hydroxyl groups is 2. The van der Waals surface area contributed by atoms with Crippen molar-refractivity contribution in [1.29, 1.82) is 0 Å². The van der Waals surface area contributed by atoms with Crippen LogP contribution in [0.15, 0.2) is 0 Å². The standard InChI is InChI=1S/C18H35N5O7S/c1-10(25)14(20)17(28)22-12(6-8-31-2)16(27)21-11(5-3-4-7-19)15(26)23-13(9-24)18(29)30/h10-14,24-25H,3-9,19-20H2,1-2H3,(H,21,27)(H,22,28)(H,23,26)(H,29,30). The number of nitrogens with one attached hydrogen (secondary N) is 3. The lowest BCUT2D eigenvalue weighted by Crippen LogP contribution is -2.58. The van der Waals surface area contributed by atoms with Crippen molar-refractivity contribution in [3.8, 4) is 0 Å². The molecule has 180 valence electrons. The van der Waals surface area contributed by atoms with Crippen molar-refractivity contribution < 1.29 is 34.5 Å². The van der Waals surface area contributed by atoms with E-state index in [-0.39, 0.29) is 12.8 Å². The fourth-order valence-corrected chi connectivity index (χ4v) is 2.95. The summed E-state index contributed by atoms with van der Waals surface area (Å²) >= 11 is 1.45. The van der Waals surface area contributed by atoms with Crippen LogP contribution in [0.4, 0.5) is 0 Å². The molecule has 0 aliphatic heterocycles. The molecule has 0 spiro atoms. The summed E-state index contributed by atoms with van der Waals surface area (Å²) in [5, 5.41) is 34.8. The molecule has 0 aromatic carbocycles. The van der Waals surface area contributed by atoms with Crippen LogP contribution in [0.5, 0.6) is 0 Å².